The van der Waals surface area contributed by atoms with Gasteiger partial charge in [-0.25, -0.2) is 9.97 Å². The smallest absolute Gasteiger partial charge is 0.416 e. The summed E-state index contributed by atoms with van der Waals surface area (Å²) in [6.07, 6.45) is -2.34. The maximum Gasteiger partial charge on any atom is 0.416 e. The van der Waals surface area contributed by atoms with E-state index in [4.69, 9.17) is 30.9 Å². The highest BCUT2D eigenvalue weighted by Crippen LogP contribution is 2.42. The molecular weight excluding hydrogens is 557 g/mol. The second-order valence-corrected chi connectivity index (χ2v) is 10.4. The Morgan fingerprint density at radius 3 is 2.77 bits per heavy atom. The zero-order valence-corrected chi connectivity index (χ0v) is 22.4. The lowest BCUT2D eigenvalue weighted by Crippen LogP contribution is -2.40. The van der Waals surface area contributed by atoms with Crippen molar-refractivity contribution in [1.29, 1.82) is 0 Å². The van der Waals surface area contributed by atoms with Crippen LogP contribution in [0.4, 0.5) is 13.2 Å². The van der Waals surface area contributed by atoms with E-state index in [0.29, 0.717) is 36.1 Å². The van der Waals surface area contributed by atoms with Gasteiger partial charge in [-0.05, 0) is 37.1 Å². The van der Waals surface area contributed by atoms with E-state index in [1.165, 1.54) is 30.6 Å². The molecule has 2 aliphatic heterocycles. The fraction of sp³-hybridized carbons (Fsp3) is 0.385. The molecule has 8 nitrogen and oxygen atoms in total. The van der Waals surface area contributed by atoms with E-state index in [-0.39, 0.29) is 35.4 Å². The van der Waals surface area contributed by atoms with Gasteiger partial charge in [-0.2, -0.15) is 13.2 Å². The van der Waals surface area contributed by atoms with Crippen LogP contribution in [0.5, 0.6) is 11.6 Å². The third-order valence-electron chi connectivity index (χ3n) is 6.64. The van der Waals surface area contributed by atoms with Crippen LogP contribution in [0.15, 0.2) is 47.1 Å². The van der Waals surface area contributed by atoms with E-state index in [0.717, 1.165) is 23.9 Å². The number of pyridine rings is 1. The number of halogens is 4. The van der Waals surface area contributed by atoms with Crippen LogP contribution in [-0.2, 0) is 15.8 Å². The van der Waals surface area contributed by atoms with Crippen LogP contribution in [0.2, 0.25) is 5.02 Å². The van der Waals surface area contributed by atoms with Crippen LogP contribution in [0.1, 0.15) is 53.1 Å². The molecule has 13 heteroatoms. The van der Waals surface area contributed by atoms with Crippen molar-refractivity contribution in [3.05, 3.63) is 68.8 Å². The van der Waals surface area contributed by atoms with Gasteiger partial charge in [0.25, 0.3) is 11.8 Å². The Hall–Kier alpha value is -3.38. The molecule has 1 atom stereocenters. The molecule has 0 radical (unpaired) electrons. The highest BCUT2D eigenvalue weighted by atomic mass is 35.5. The van der Waals surface area contributed by atoms with Crippen LogP contribution in [0, 0.1) is 0 Å². The summed E-state index contributed by atoms with van der Waals surface area (Å²) in [6.45, 7) is 1.01. The molecule has 39 heavy (non-hydrogen) atoms. The van der Waals surface area contributed by atoms with Gasteiger partial charge in [0.15, 0.2) is 18.5 Å². The predicted molar refractivity (Wildman–Crippen MR) is 138 cm³/mol. The molecule has 1 aromatic carbocycles. The molecule has 0 aliphatic carbocycles. The number of piperidine rings is 1. The van der Waals surface area contributed by atoms with Crippen molar-refractivity contribution >= 4 is 34.6 Å². The maximum absolute atomic E-state index is 13.5. The average molecular weight is 581 g/mol. The zero-order valence-electron chi connectivity index (χ0n) is 20.8. The Bertz CT molecular complexity index is 1380. The molecule has 0 saturated carbocycles. The van der Waals surface area contributed by atoms with E-state index in [1.54, 1.807) is 23.2 Å². The lowest BCUT2D eigenvalue weighted by Gasteiger charge is -2.31. The van der Waals surface area contributed by atoms with Crippen molar-refractivity contribution in [1.82, 2.24) is 14.9 Å². The monoisotopic (exact) mass is 580 g/mol. The number of methoxy groups -OCH3 is 1. The van der Waals surface area contributed by atoms with Gasteiger partial charge >= 0.3 is 6.18 Å². The number of benzene rings is 1. The van der Waals surface area contributed by atoms with Crippen LogP contribution in [0.25, 0.3) is 0 Å². The van der Waals surface area contributed by atoms with Crippen molar-refractivity contribution < 1.29 is 32.3 Å². The molecule has 0 N–H and O–H groups in total. The average Bonchev–Trinajstić information content (AvgIpc) is 3.62. The fourth-order valence-corrected chi connectivity index (χ4v) is 5.94. The molecule has 1 amide bonds. The molecule has 206 valence electrons. The van der Waals surface area contributed by atoms with Gasteiger partial charge < -0.3 is 19.2 Å². The third kappa shape index (κ3) is 5.96. The Kier molecular flexibility index (Phi) is 7.94. The van der Waals surface area contributed by atoms with Crippen molar-refractivity contribution in [2.24, 2.45) is 5.16 Å². The minimum Gasteiger partial charge on any atom is -0.478 e. The van der Waals surface area contributed by atoms with Gasteiger partial charge in [0.1, 0.15) is 5.71 Å². The van der Waals surface area contributed by atoms with E-state index < -0.39 is 17.8 Å². The van der Waals surface area contributed by atoms with Crippen LogP contribution in [0.3, 0.4) is 0 Å². The number of thiazole rings is 1. The topological polar surface area (TPSA) is 86.1 Å². The number of ether oxygens (including phenoxy) is 2. The second-order valence-electron chi connectivity index (χ2n) is 9.06. The standard InChI is InChI=1S/C26H24ClF3N4O4S/c1-36-24-20(6-3-9-31-24)37-13-22(35)34-10-7-15(8-11-34)25-32-19(14-39-25)18-12-21(38-33-18)23-16(26(28,29)30)4-2-5-17(23)27/h2-6,9,14-15,21H,7-8,10-13H2,1H3. The number of carbonyl (C=O) groups excluding carboxylic acids is 1. The molecule has 1 saturated heterocycles. The van der Waals surface area contributed by atoms with E-state index in [2.05, 4.69) is 10.1 Å². The van der Waals surface area contributed by atoms with Gasteiger partial charge in [-0.3, -0.25) is 4.79 Å². The number of amides is 1. The lowest BCUT2D eigenvalue weighted by molar-refractivity contribution is -0.139. The minimum absolute atomic E-state index is 0.0171. The summed E-state index contributed by atoms with van der Waals surface area (Å²) in [5.74, 6) is 0.760. The lowest BCUT2D eigenvalue weighted by atomic mass is 9.97. The van der Waals surface area contributed by atoms with Crippen molar-refractivity contribution in [3.8, 4) is 11.6 Å². The molecular formula is C26H24ClF3N4O4S. The summed E-state index contributed by atoms with van der Waals surface area (Å²) in [7, 11) is 1.49. The van der Waals surface area contributed by atoms with Gasteiger partial charge in [0, 0.05) is 47.6 Å². The van der Waals surface area contributed by atoms with Crippen LogP contribution >= 0.6 is 22.9 Å². The Balaban J connectivity index is 1.16. The molecule has 2 aromatic heterocycles. The number of hydrogen-bond acceptors (Lipinski definition) is 8. The Labute approximate surface area is 231 Å². The largest absolute Gasteiger partial charge is 0.478 e. The predicted octanol–water partition coefficient (Wildman–Crippen LogP) is 5.87. The molecule has 1 unspecified atom stereocenters. The van der Waals surface area contributed by atoms with Gasteiger partial charge in [-0.15, -0.1) is 11.3 Å². The molecule has 5 rings (SSSR count). The SMILES string of the molecule is COc1ncccc1OCC(=O)N1CCC(c2nc(C3=NOC(c4c(Cl)cccc4C(F)(F)F)C3)cs2)CC1. The second kappa shape index (κ2) is 11.4. The number of aromatic nitrogens is 2. The number of rotatable bonds is 7. The third-order valence-corrected chi connectivity index (χ3v) is 7.98. The van der Waals surface area contributed by atoms with Crippen LogP contribution in [-0.4, -0.2) is 53.3 Å². The molecule has 0 spiro atoms. The number of carbonyl (C=O) groups is 1. The number of oxime groups is 1. The Morgan fingerprint density at radius 2 is 2.03 bits per heavy atom. The first kappa shape index (κ1) is 27.2. The summed E-state index contributed by atoms with van der Waals surface area (Å²) in [4.78, 5) is 28.6. The van der Waals surface area contributed by atoms with Crippen LogP contribution < -0.4 is 9.47 Å². The zero-order chi connectivity index (χ0) is 27.6. The van der Waals surface area contributed by atoms with Gasteiger partial charge in [0.2, 0.25) is 0 Å². The Morgan fingerprint density at radius 1 is 1.23 bits per heavy atom. The summed E-state index contributed by atoms with van der Waals surface area (Å²) in [6, 6.07) is 7.06. The summed E-state index contributed by atoms with van der Waals surface area (Å²) >= 11 is 7.59. The number of hydrogen-bond donors (Lipinski definition) is 0. The molecule has 3 aromatic rings. The van der Waals surface area contributed by atoms with E-state index in [1.807, 2.05) is 5.38 Å². The first-order chi connectivity index (χ1) is 18.7. The van der Waals surface area contributed by atoms with E-state index >= 15 is 0 Å². The number of alkyl halides is 3. The van der Waals surface area contributed by atoms with E-state index in [9.17, 15) is 18.0 Å². The molecule has 2 aliphatic rings. The summed E-state index contributed by atoms with van der Waals surface area (Å²) in [5.41, 5.74) is 0.104. The number of likely N-dealkylation sites (tertiary alicyclic amines) is 1. The highest BCUT2D eigenvalue weighted by Gasteiger charge is 2.39. The number of nitrogens with zero attached hydrogens (tertiary/aromatic N) is 4. The first-order valence-electron chi connectivity index (χ1n) is 12.2. The molecule has 0 bridgehead atoms. The fourth-order valence-electron chi connectivity index (χ4n) is 4.65. The van der Waals surface area contributed by atoms with Crippen molar-refractivity contribution in [2.45, 2.75) is 37.5 Å². The first-order valence-corrected chi connectivity index (χ1v) is 13.4. The van der Waals surface area contributed by atoms with Gasteiger partial charge in [0.05, 0.1) is 23.4 Å². The minimum atomic E-state index is -4.56. The normalized spacial score (nSPS) is 18.0. The van der Waals surface area contributed by atoms with Crippen molar-refractivity contribution in [3.63, 3.8) is 0 Å². The van der Waals surface area contributed by atoms with Crippen molar-refractivity contribution in [2.75, 3.05) is 26.8 Å². The van der Waals surface area contributed by atoms with Gasteiger partial charge in [-0.1, -0.05) is 22.8 Å². The summed E-state index contributed by atoms with van der Waals surface area (Å²) < 4.78 is 51.4. The molecule has 4 heterocycles. The highest BCUT2D eigenvalue weighted by molar-refractivity contribution is 7.10. The summed E-state index contributed by atoms with van der Waals surface area (Å²) in [5, 5.41) is 6.75. The maximum atomic E-state index is 13.5. The molecule has 1 fully saturated rings. The quantitative estimate of drug-likeness (QED) is 0.347.